The van der Waals surface area contributed by atoms with Gasteiger partial charge in [0, 0.05) is 24.5 Å². The first kappa shape index (κ1) is 44.1. The van der Waals surface area contributed by atoms with Crippen molar-refractivity contribution in [2.75, 3.05) is 24.1 Å². The van der Waals surface area contributed by atoms with Crippen molar-refractivity contribution in [3.63, 3.8) is 0 Å². The fourth-order valence-electron chi connectivity index (χ4n) is 6.57. The molecule has 3 heterocycles. The molecule has 0 bridgehead atoms. The first-order valence-electron chi connectivity index (χ1n) is 17.8. The highest BCUT2D eigenvalue weighted by Gasteiger charge is 2.46. The second-order valence-corrected chi connectivity index (χ2v) is 15.4. The molecule has 0 radical (unpaired) electrons. The van der Waals surface area contributed by atoms with Crippen LogP contribution < -0.4 is 4.72 Å². The van der Waals surface area contributed by atoms with Crippen LogP contribution in [-0.2, 0) is 58.4 Å². The lowest BCUT2D eigenvalue weighted by molar-refractivity contribution is -0.146. The van der Waals surface area contributed by atoms with Crippen LogP contribution in [0.5, 0.6) is 0 Å². The van der Waals surface area contributed by atoms with Crippen LogP contribution in [0.1, 0.15) is 78.5 Å². The van der Waals surface area contributed by atoms with E-state index in [2.05, 4.69) is 16.9 Å². The van der Waals surface area contributed by atoms with Gasteiger partial charge in [-0.25, -0.2) is 27.2 Å². The summed E-state index contributed by atoms with van der Waals surface area (Å²) in [7, 11) is -3.94. The van der Waals surface area contributed by atoms with Gasteiger partial charge in [-0.05, 0) is 92.1 Å². The number of nitrogens with one attached hydrogen (secondary N) is 1. The van der Waals surface area contributed by atoms with Crippen molar-refractivity contribution in [1.29, 1.82) is 0 Å². The minimum atomic E-state index is -4.72. The summed E-state index contributed by atoms with van der Waals surface area (Å²) >= 11 is 0. The molecule has 17 heteroatoms. The average Bonchev–Trinajstić information content (AvgIpc) is 3.12. The van der Waals surface area contributed by atoms with Crippen molar-refractivity contribution in [3.8, 4) is 0 Å². The number of hydrogen-bond acceptors (Lipinski definition) is 6. The average molecular weight is 815 g/mol. The van der Waals surface area contributed by atoms with Crippen LogP contribution in [0.2, 0.25) is 0 Å². The molecular formula is C39H42F8N4O4S. The Bertz CT molecular complexity index is 2040. The lowest BCUT2D eigenvalue weighted by Crippen LogP contribution is -2.51. The molecule has 1 atom stereocenters. The van der Waals surface area contributed by atoms with E-state index in [0.29, 0.717) is 31.5 Å². The number of piperidine rings is 1. The minimum Gasteiger partial charge on any atom is -0.481 e. The van der Waals surface area contributed by atoms with Crippen molar-refractivity contribution < 1.29 is 53.4 Å². The number of benzene rings is 2. The molecule has 1 unspecified atom stereocenters. The quantitative estimate of drug-likeness (QED) is 0.102. The van der Waals surface area contributed by atoms with Crippen molar-refractivity contribution in [2.45, 2.75) is 82.6 Å². The number of aliphatic carboxylic acids is 1. The number of carboxylic acid groups (broad SMARTS) is 1. The predicted octanol–water partition coefficient (Wildman–Crippen LogP) is 8.99. The Morgan fingerprint density at radius 2 is 1.48 bits per heavy atom. The number of likely N-dealkylation sites (tertiary alicyclic amines) is 1. The van der Waals surface area contributed by atoms with Gasteiger partial charge in [-0.1, -0.05) is 62.2 Å². The fourth-order valence-corrected chi connectivity index (χ4v) is 7.14. The molecule has 0 spiro atoms. The summed E-state index contributed by atoms with van der Waals surface area (Å²) in [5, 5.41) is 10.4. The van der Waals surface area contributed by atoms with Crippen molar-refractivity contribution in [1.82, 2.24) is 14.9 Å². The maximum absolute atomic E-state index is 14.6. The highest BCUT2D eigenvalue weighted by Crippen LogP contribution is 2.39. The number of sulfonamides is 1. The number of carboxylic acids is 1. The third-order valence-electron chi connectivity index (χ3n) is 9.18. The van der Waals surface area contributed by atoms with Gasteiger partial charge in [0.25, 0.3) is 0 Å². The zero-order valence-electron chi connectivity index (χ0n) is 30.7. The topological polar surface area (TPSA) is 112 Å². The van der Waals surface area contributed by atoms with Gasteiger partial charge in [-0.3, -0.25) is 14.4 Å². The van der Waals surface area contributed by atoms with Crippen LogP contribution in [0.25, 0.3) is 0 Å². The van der Waals surface area contributed by atoms with Crippen LogP contribution in [0.3, 0.4) is 0 Å². The van der Waals surface area contributed by atoms with E-state index >= 15 is 0 Å². The van der Waals surface area contributed by atoms with E-state index < -0.39 is 62.5 Å². The monoisotopic (exact) mass is 814 g/mol. The smallest absolute Gasteiger partial charge is 0.433 e. The summed E-state index contributed by atoms with van der Waals surface area (Å²) in [6.07, 6.45) is -3.81. The second kappa shape index (κ2) is 18.5. The fraction of sp³-hybridized carbons (Fsp3) is 0.410. The number of halogens is 8. The number of aryl methyl sites for hydroxylation is 3. The van der Waals surface area contributed by atoms with Gasteiger partial charge in [-0.2, -0.15) is 26.3 Å². The molecule has 1 saturated heterocycles. The lowest BCUT2D eigenvalue weighted by atomic mass is 9.72. The van der Waals surface area contributed by atoms with Crippen LogP contribution in [0.15, 0.2) is 72.8 Å². The Balaban J connectivity index is 0.000000389. The van der Waals surface area contributed by atoms with Crippen molar-refractivity contribution >= 4 is 21.7 Å². The summed E-state index contributed by atoms with van der Waals surface area (Å²) in [6, 6.07) is 17.0. The summed E-state index contributed by atoms with van der Waals surface area (Å²) in [5.41, 5.74) is -2.64. The van der Waals surface area contributed by atoms with Gasteiger partial charge in [-0.15, -0.1) is 0 Å². The maximum atomic E-state index is 14.6. The number of nitrogens with zero attached hydrogens (tertiary/aromatic N) is 3. The zero-order valence-corrected chi connectivity index (χ0v) is 31.5. The van der Waals surface area contributed by atoms with Gasteiger partial charge < -0.3 is 5.11 Å². The van der Waals surface area contributed by atoms with E-state index in [4.69, 9.17) is 0 Å². The predicted molar refractivity (Wildman–Crippen MR) is 194 cm³/mol. The Morgan fingerprint density at radius 1 is 0.839 bits per heavy atom. The normalized spacial score (nSPS) is 16.5. The van der Waals surface area contributed by atoms with Crippen molar-refractivity contribution in [3.05, 3.63) is 124 Å². The standard InChI is InChI=1S/C28H28F5N3O4S.C11H14F3N/c1-41(39,40)35-25-21(29)14-19(15-22(25)30)16-36-13-5-12-27(17-36,26(37)38)20-9-11-24(28(31,32)33)34-23(20)10-8-18-6-3-2-4-7-18;1-2-3-4-6-9-7-5-8-10(15-9)11(12,13)14/h2-4,6-7,9,11,14-15,35H,5,8,10,12-13,16-17H2,1H3,(H,37,38);5,7-8H,2-4,6H2,1H3. The molecule has 0 saturated carbocycles. The number of alkyl halides is 6. The second-order valence-electron chi connectivity index (χ2n) is 13.7. The molecule has 56 heavy (non-hydrogen) atoms. The molecule has 5 rings (SSSR count). The molecule has 8 nitrogen and oxygen atoms in total. The van der Waals surface area contributed by atoms with Crippen LogP contribution in [-0.4, -0.2) is 53.7 Å². The Hall–Kier alpha value is -4.64. The molecule has 0 amide bonds. The highest BCUT2D eigenvalue weighted by molar-refractivity contribution is 7.92. The summed E-state index contributed by atoms with van der Waals surface area (Å²) < 4.78 is 131. The SMILES string of the molecule is CCCCCc1cccc(C(F)(F)F)n1.CS(=O)(=O)Nc1c(F)cc(CN2CCCC(C(=O)O)(c3ccc(C(F)(F)F)nc3CCc3ccccc3)C2)cc1F. The number of hydrogen-bond donors (Lipinski definition) is 2. The molecule has 1 fully saturated rings. The Labute approximate surface area is 320 Å². The third-order valence-corrected chi connectivity index (χ3v) is 9.76. The molecule has 1 aliphatic heterocycles. The Kier molecular flexibility index (Phi) is 14.6. The third kappa shape index (κ3) is 12.2. The van der Waals surface area contributed by atoms with E-state index in [9.17, 15) is 53.4 Å². The van der Waals surface area contributed by atoms with Gasteiger partial charge in [0.1, 0.15) is 22.5 Å². The van der Waals surface area contributed by atoms with Gasteiger partial charge in [0.05, 0.1) is 6.26 Å². The molecule has 1 aliphatic rings. The van der Waals surface area contributed by atoms with E-state index in [1.54, 1.807) is 33.9 Å². The molecule has 2 aromatic carbocycles. The van der Waals surface area contributed by atoms with E-state index in [-0.39, 0.29) is 42.8 Å². The molecular weight excluding hydrogens is 773 g/mol. The van der Waals surface area contributed by atoms with Gasteiger partial charge in [0.2, 0.25) is 10.0 Å². The number of carbonyl (C=O) groups is 1. The summed E-state index contributed by atoms with van der Waals surface area (Å²) in [6.45, 7) is 2.21. The lowest BCUT2D eigenvalue weighted by Gasteiger charge is -2.41. The van der Waals surface area contributed by atoms with Crippen molar-refractivity contribution in [2.24, 2.45) is 0 Å². The molecule has 4 aromatic rings. The van der Waals surface area contributed by atoms with Gasteiger partial charge in [0.15, 0.2) is 11.6 Å². The Morgan fingerprint density at radius 3 is 2.07 bits per heavy atom. The first-order valence-corrected chi connectivity index (χ1v) is 19.7. The number of pyridine rings is 2. The highest BCUT2D eigenvalue weighted by atomic mass is 32.2. The van der Waals surface area contributed by atoms with E-state index in [1.165, 1.54) is 12.1 Å². The first-order chi connectivity index (χ1) is 26.2. The molecule has 2 aromatic heterocycles. The number of anilines is 1. The summed E-state index contributed by atoms with van der Waals surface area (Å²) in [4.78, 5) is 21.9. The molecule has 2 N–H and O–H groups in total. The molecule has 304 valence electrons. The number of unbranched alkanes of at least 4 members (excludes halogenated alkanes) is 2. The number of aromatic nitrogens is 2. The largest absolute Gasteiger partial charge is 0.481 e. The summed E-state index contributed by atoms with van der Waals surface area (Å²) in [5.74, 6) is -3.51. The van der Waals surface area contributed by atoms with E-state index in [0.717, 1.165) is 55.3 Å². The van der Waals surface area contributed by atoms with Gasteiger partial charge >= 0.3 is 18.3 Å². The van der Waals surface area contributed by atoms with Crippen LogP contribution >= 0.6 is 0 Å². The van der Waals surface area contributed by atoms with Crippen LogP contribution in [0.4, 0.5) is 40.8 Å². The zero-order chi connectivity index (χ0) is 41.3. The number of rotatable bonds is 13. The maximum Gasteiger partial charge on any atom is 0.433 e. The molecule has 0 aliphatic carbocycles. The van der Waals surface area contributed by atoms with Crippen LogP contribution in [0, 0.1) is 11.6 Å². The minimum absolute atomic E-state index is 0.0289. The van der Waals surface area contributed by atoms with E-state index in [1.807, 2.05) is 12.1 Å².